The molecule has 0 aliphatic carbocycles. The monoisotopic (exact) mass is 314 g/mol. The van der Waals surface area contributed by atoms with Crippen LogP contribution in [0.1, 0.15) is 16.9 Å². The zero-order valence-electron chi connectivity index (χ0n) is 12.4. The van der Waals surface area contributed by atoms with Gasteiger partial charge >= 0.3 is 0 Å². The first kappa shape index (κ1) is 14.8. The molecule has 1 aliphatic heterocycles. The van der Waals surface area contributed by atoms with Crippen LogP contribution < -0.4 is 10.2 Å². The predicted molar refractivity (Wildman–Crippen MR) is 88.1 cm³/mol. The molecule has 0 spiro atoms. The quantitative estimate of drug-likeness (QED) is 0.943. The standard InChI is InChI=1S/C17H18N2O2S/c1-12-4-6-14(7-5-12)19-11-13(9-17(19)21)18-16(20)10-15-3-2-8-22-15/h2-8,13H,9-11H2,1H3,(H,18,20)/t13-/m0/s1. The third kappa shape index (κ3) is 3.36. The van der Waals surface area contributed by atoms with E-state index < -0.39 is 0 Å². The van der Waals surface area contributed by atoms with Crippen molar-refractivity contribution in [2.75, 3.05) is 11.4 Å². The van der Waals surface area contributed by atoms with E-state index in [2.05, 4.69) is 5.32 Å². The molecule has 1 fully saturated rings. The maximum Gasteiger partial charge on any atom is 0.229 e. The van der Waals surface area contributed by atoms with Gasteiger partial charge in [0.2, 0.25) is 11.8 Å². The van der Waals surface area contributed by atoms with Gasteiger partial charge in [0, 0.05) is 23.5 Å². The Kier molecular flexibility index (Phi) is 4.24. The molecule has 2 heterocycles. The first-order valence-electron chi connectivity index (χ1n) is 7.30. The number of amides is 2. The second kappa shape index (κ2) is 6.32. The second-order valence-electron chi connectivity index (χ2n) is 5.56. The molecular weight excluding hydrogens is 296 g/mol. The highest BCUT2D eigenvalue weighted by Crippen LogP contribution is 2.22. The van der Waals surface area contributed by atoms with E-state index in [0.29, 0.717) is 19.4 Å². The smallest absolute Gasteiger partial charge is 0.229 e. The Balaban J connectivity index is 1.59. The number of carbonyl (C=O) groups is 2. The highest BCUT2D eigenvalue weighted by molar-refractivity contribution is 7.10. The van der Waals surface area contributed by atoms with Crippen LogP contribution in [0.3, 0.4) is 0 Å². The molecule has 114 valence electrons. The first-order valence-corrected chi connectivity index (χ1v) is 8.18. The Morgan fingerprint density at radius 3 is 2.77 bits per heavy atom. The van der Waals surface area contributed by atoms with E-state index in [9.17, 15) is 9.59 Å². The summed E-state index contributed by atoms with van der Waals surface area (Å²) in [4.78, 5) is 27.0. The molecule has 4 nitrogen and oxygen atoms in total. The number of benzene rings is 1. The molecule has 2 aromatic rings. The van der Waals surface area contributed by atoms with Crippen LogP contribution >= 0.6 is 11.3 Å². The topological polar surface area (TPSA) is 49.4 Å². The third-order valence-corrected chi connectivity index (χ3v) is 4.63. The lowest BCUT2D eigenvalue weighted by atomic mass is 10.2. The number of nitrogens with zero attached hydrogens (tertiary/aromatic N) is 1. The molecule has 2 amide bonds. The molecule has 5 heteroatoms. The van der Waals surface area contributed by atoms with Crippen molar-refractivity contribution >= 4 is 28.8 Å². The van der Waals surface area contributed by atoms with Crippen LogP contribution in [-0.2, 0) is 16.0 Å². The van der Waals surface area contributed by atoms with Crippen molar-refractivity contribution in [3.05, 3.63) is 52.2 Å². The van der Waals surface area contributed by atoms with Gasteiger partial charge in [0.25, 0.3) is 0 Å². The fraction of sp³-hybridized carbons (Fsp3) is 0.294. The lowest BCUT2D eigenvalue weighted by Gasteiger charge is -2.17. The summed E-state index contributed by atoms with van der Waals surface area (Å²) in [5, 5.41) is 4.92. The van der Waals surface area contributed by atoms with Crippen molar-refractivity contribution in [2.24, 2.45) is 0 Å². The number of aryl methyl sites for hydroxylation is 1. The molecule has 1 atom stereocenters. The summed E-state index contributed by atoms with van der Waals surface area (Å²) in [7, 11) is 0. The van der Waals surface area contributed by atoms with E-state index in [1.807, 2.05) is 48.7 Å². The number of anilines is 1. The van der Waals surface area contributed by atoms with Gasteiger partial charge in [-0.05, 0) is 30.5 Å². The lowest BCUT2D eigenvalue weighted by molar-refractivity contribution is -0.121. The zero-order chi connectivity index (χ0) is 15.5. The van der Waals surface area contributed by atoms with Gasteiger partial charge in [0.1, 0.15) is 0 Å². The molecule has 3 rings (SSSR count). The first-order chi connectivity index (χ1) is 10.6. The van der Waals surface area contributed by atoms with Gasteiger partial charge in [-0.1, -0.05) is 23.8 Å². The minimum Gasteiger partial charge on any atom is -0.351 e. The molecular formula is C17H18N2O2S. The number of thiophene rings is 1. The van der Waals surface area contributed by atoms with Crippen molar-refractivity contribution < 1.29 is 9.59 Å². The number of carbonyl (C=O) groups excluding carboxylic acids is 2. The summed E-state index contributed by atoms with van der Waals surface area (Å²) in [5.41, 5.74) is 2.06. The van der Waals surface area contributed by atoms with E-state index in [-0.39, 0.29) is 17.9 Å². The predicted octanol–water partition coefficient (Wildman–Crippen LogP) is 2.52. The summed E-state index contributed by atoms with van der Waals surface area (Å²) in [5.74, 6) is 0.0382. The maximum atomic E-state index is 12.1. The molecule has 1 saturated heterocycles. The molecule has 1 aromatic carbocycles. The van der Waals surface area contributed by atoms with E-state index in [4.69, 9.17) is 0 Å². The van der Waals surface area contributed by atoms with E-state index in [1.165, 1.54) is 0 Å². The molecule has 0 bridgehead atoms. The molecule has 22 heavy (non-hydrogen) atoms. The zero-order valence-corrected chi connectivity index (χ0v) is 13.2. The van der Waals surface area contributed by atoms with Gasteiger partial charge in [-0.15, -0.1) is 11.3 Å². The van der Waals surface area contributed by atoms with Crippen molar-refractivity contribution in [2.45, 2.75) is 25.8 Å². The van der Waals surface area contributed by atoms with Crippen LogP contribution in [0.5, 0.6) is 0 Å². The molecule has 1 N–H and O–H groups in total. The Labute approximate surface area is 133 Å². The normalized spacial score (nSPS) is 17.8. The fourth-order valence-corrected chi connectivity index (χ4v) is 3.33. The summed E-state index contributed by atoms with van der Waals surface area (Å²) in [6, 6.07) is 11.7. The number of nitrogens with one attached hydrogen (secondary N) is 1. The van der Waals surface area contributed by atoms with E-state index in [0.717, 1.165) is 16.1 Å². The van der Waals surface area contributed by atoms with Crippen molar-refractivity contribution in [1.29, 1.82) is 0 Å². The largest absolute Gasteiger partial charge is 0.351 e. The Morgan fingerprint density at radius 2 is 2.09 bits per heavy atom. The Hall–Kier alpha value is -2.14. The van der Waals surface area contributed by atoms with Gasteiger partial charge in [0.05, 0.1) is 12.5 Å². The van der Waals surface area contributed by atoms with E-state index >= 15 is 0 Å². The highest BCUT2D eigenvalue weighted by Gasteiger charge is 2.31. The van der Waals surface area contributed by atoms with Crippen LogP contribution in [0.2, 0.25) is 0 Å². The van der Waals surface area contributed by atoms with Crippen LogP contribution in [0.4, 0.5) is 5.69 Å². The minimum absolute atomic E-state index is 0.0222. The van der Waals surface area contributed by atoms with Gasteiger partial charge in [-0.3, -0.25) is 9.59 Å². The molecule has 1 aliphatic rings. The Morgan fingerprint density at radius 1 is 1.32 bits per heavy atom. The van der Waals surface area contributed by atoms with Crippen LogP contribution in [0, 0.1) is 6.92 Å². The van der Waals surface area contributed by atoms with Crippen LogP contribution in [0.25, 0.3) is 0 Å². The maximum absolute atomic E-state index is 12.1. The van der Waals surface area contributed by atoms with Gasteiger partial charge in [-0.2, -0.15) is 0 Å². The minimum atomic E-state index is -0.110. The van der Waals surface area contributed by atoms with Crippen molar-refractivity contribution in [1.82, 2.24) is 5.32 Å². The molecule has 0 unspecified atom stereocenters. The lowest BCUT2D eigenvalue weighted by Crippen LogP contribution is -2.37. The average molecular weight is 314 g/mol. The average Bonchev–Trinajstić information content (AvgIpc) is 3.10. The number of rotatable bonds is 4. The van der Waals surface area contributed by atoms with Gasteiger partial charge in [-0.25, -0.2) is 0 Å². The van der Waals surface area contributed by atoms with Crippen molar-refractivity contribution in [3.63, 3.8) is 0 Å². The summed E-state index contributed by atoms with van der Waals surface area (Å²) in [6.07, 6.45) is 0.747. The number of hydrogen-bond acceptors (Lipinski definition) is 3. The highest BCUT2D eigenvalue weighted by atomic mass is 32.1. The summed E-state index contributed by atoms with van der Waals surface area (Å²) in [6.45, 7) is 2.56. The fourth-order valence-electron chi connectivity index (χ4n) is 2.63. The van der Waals surface area contributed by atoms with Crippen LogP contribution in [0.15, 0.2) is 41.8 Å². The van der Waals surface area contributed by atoms with Crippen LogP contribution in [-0.4, -0.2) is 24.4 Å². The van der Waals surface area contributed by atoms with Gasteiger partial charge in [0.15, 0.2) is 0 Å². The molecule has 1 aromatic heterocycles. The molecule has 0 radical (unpaired) electrons. The summed E-state index contributed by atoms with van der Waals surface area (Å²) >= 11 is 1.57. The van der Waals surface area contributed by atoms with Crippen molar-refractivity contribution in [3.8, 4) is 0 Å². The second-order valence-corrected chi connectivity index (χ2v) is 6.60. The Bertz CT molecular complexity index is 664. The SMILES string of the molecule is Cc1ccc(N2C[C@@H](NC(=O)Cc3cccs3)CC2=O)cc1. The molecule has 0 saturated carbocycles. The van der Waals surface area contributed by atoms with Gasteiger partial charge < -0.3 is 10.2 Å². The van der Waals surface area contributed by atoms with E-state index in [1.54, 1.807) is 16.2 Å². The number of hydrogen-bond donors (Lipinski definition) is 1. The third-order valence-electron chi connectivity index (χ3n) is 3.75. The summed E-state index contributed by atoms with van der Waals surface area (Å²) < 4.78 is 0.